The van der Waals surface area contributed by atoms with Crippen LogP contribution in [-0.2, 0) is 6.42 Å². The molecule has 1 N–H and O–H groups in total. The zero-order chi connectivity index (χ0) is 11.8. The Balaban J connectivity index is 2.13. The van der Waals surface area contributed by atoms with Crippen LogP contribution in [0.2, 0.25) is 0 Å². The summed E-state index contributed by atoms with van der Waals surface area (Å²) in [5, 5.41) is 3.58. The van der Waals surface area contributed by atoms with Gasteiger partial charge in [-0.05, 0) is 44.2 Å². The maximum Gasteiger partial charge on any atom is 0.00418 e. The van der Waals surface area contributed by atoms with Crippen molar-refractivity contribution in [3.8, 4) is 0 Å². The van der Waals surface area contributed by atoms with Crippen molar-refractivity contribution < 1.29 is 0 Å². The summed E-state index contributed by atoms with van der Waals surface area (Å²) in [7, 11) is 0. The molecule has 1 unspecified atom stereocenters. The van der Waals surface area contributed by atoms with Crippen molar-refractivity contribution in [1.82, 2.24) is 5.32 Å². The Bertz CT molecular complexity index is 266. The predicted octanol–water partition coefficient (Wildman–Crippen LogP) is 3.64. The Hall–Kier alpha value is -0.820. The van der Waals surface area contributed by atoms with Gasteiger partial charge >= 0.3 is 0 Å². The zero-order valence-corrected chi connectivity index (χ0v) is 10.9. The monoisotopic (exact) mass is 219 g/mol. The first-order valence-electron chi connectivity index (χ1n) is 6.46. The Kier molecular flexibility index (Phi) is 6.17. The van der Waals surface area contributed by atoms with E-state index in [9.17, 15) is 0 Å². The molecule has 1 aromatic carbocycles. The van der Waals surface area contributed by atoms with Crippen LogP contribution in [0.4, 0.5) is 0 Å². The van der Waals surface area contributed by atoms with Gasteiger partial charge in [-0.1, -0.05) is 44.2 Å². The summed E-state index contributed by atoms with van der Waals surface area (Å²) in [6.07, 6.45) is 3.68. The van der Waals surface area contributed by atoms with Crippen molar-refractivity contribution in [2.24, 2.45) is 5.92 Å². The average Bonchev–Trinajstić information content (AvgIpc) is 2.27. The van der Waals surface area contributed by atoms with Crippen LogP contribution >= 0.6 is 0 Å². The van der Waals surface area contributed by atoms with Crippen LogP contribution in [-0.4, -0.2) is 12.6 Å². The van der Waals surface area contributed by atoms with E-state index in [0.29, 0.717) is 6.04 Å². The minimum atomic E-state index is 0.624. The lowest BCUT2D eigenvalue weighted by Gasteiger charge is -2.14. The quantitative estimate of drug-likeness (QED) is 0.738. The van der Waals surface area contributed by atoms with Crippen LogP contribution in [0.25, 0.3) is 0 Å². The third kappa shape index (κ3) is 5.92. The molecule has 16 heavy (non-hydrogen) atoms. The van der Waals surface area contributed by atoms with Gasteiger partial charge in [-0.15, -0.1) is 0 Å². The summed E-state index contributed by atoms with van der Waals surface area (Å²) in [5.74, 6) is 0.800. The third-order valence-electron chi connectivity index (χ3n) is 2.92. The fraction of sp³-hybridized carbons (Fsp3) is 0.600. The molecule has 1 atom stereocenters. The highest BCUT2D eigenvalue weighted by molar-refractivity contribution is 5.14. The highest BCUT2D eigenvalue weighted by Gasteiger charge is 2.02. The normalized spacial score (nSPS) is 13.0. The smallest absolute Gasteiger partial charge is 0.00418 e. The molecule has 0 aromatic heterocycles. The van der Waals surface area contributed by atoms with E-state index in [4.69, 9.17) is 0 Å². The van der Waals surface area contributed by atoms with E-state index in [2.05, 4.69) is 56.4 Å². The topological polar surface area (TPSA) is 12.0 Å². The van der Waals surface area contributed by atoms with Gasteiger partial charge in [0.15, 0.2) is 0 Å². The molecule has 0 amide bonds. The van der Waals surface area contributed by atoms with Gasteiger partial charge in [0.2, 0.25) is 0 Å². The standard InChI is InChI=1S/C15H25N/c1-13(2)11-12-16-14(3)9-10-15-7-5-4-6-8-15/h4-8,13-14,16H,9-12H2,1-3H3. The van der Waals surface area contributed by atoms with Gasteiger partial charge in [-0.2, -0.15) is 0 Å². The zero-order valence-electron chi connectivity index (χ0n) is 10.9. The van der Waals surface area contributed by atoms with Gasteiger partial charge in [0.25, 0.3) is 0 Å². The minimum absolute atomic E-state index is 0.624. The Morgan fingerprint density at radius 3 is 2.31 bits per heavy atom. The number of nitrogens with one attached hydrogen (secondary N) is 1. The molecule has 0 aliphatic heterocycles. The molecule has 0 saturated heterocycles. The molecular formula is C15H25N. The molecule has 1 rings (SSSR count). The lowest BCUT2D eigenvalue weighted by atomic mass is 10.1. The Morgan fingerprint density at radius 1 is 1.00 bits per heavy atom. The predicted molar refractivity (Wildman–Crippen MR) is 71.7 cm³/mol. The highest BCUT2D eigenvalue weighted by atomic mass is 14.9. The van der Waals surface area contributed by atoms with Crippen LogP contribution < -0.4 is 5.32 Å². The summed E-state index contributed by atoms with van der Waals surface area (Å²) in [4.78, 5) is 0. The molecule has 0 aliphatic rings. The van der Waals surface area contributed by atoms with E-state index in [1.807, 2.05) is 0 Å². The van der Waals surface area contributed by atoms with Crippen molar-refractivity contribution in [2.75, 3.05) is 6.54 Å². The molecule has 1 heteroatoms. The van der Waals surface area contributed by atoms with Gasteiger partial charge in [0.05, 0.1) is 0 Å². The Labute approximate surface area is 100 Å². The second-order valence-corrected chi connectivity index (χ2v) is 5.06. The van der Waals surface area contributed by atoms with Crippen molar-refractivity contribution in [2.45, 2.75) is 46.1 Å². The van der Waals surface area contributed by atoms with Crippen molar-refractivity contribution in [3.05, 3.63) is 35.9 Å². The lowest BCUT2D eigenvalue weighted by molar-refractivity contribution is 0.469. The van der Waals surface area contributed by atoms with Gasteiger partial charge < -0.3 is 5.32 Å². The van der Waals surface area contributed by atoms with Crippen LogP contribution in [0.15, 0.2) is 30.3 Å². The van der Waals surface area contributed by atoms with Crippen LogP contribution in [0, 0.1) is 5.92 Å². The van der Waals surface area contributed by atoms with Crippen LogP contribution in [0.3, 0.4) is 0 Å². The summed E-state index contributed by atoms with van der Waals surface area (Å²) < 4.78 is 0. The van der Waals surface area contributed by atoms with E-state index >= 15 is 0 Å². The molecule has 90 valence electrons. The first-order chi connectivity index (χ1) is 7.68. The number of rotatable bonds is 7. The molecule has 1 nitrogen and oxygen atoms in total. The second kappa shape index (κ2) is 7.45. The van der Waals surface area contributed by atoms with Crippen molar-refractivity contribution >= 4 is 0 Å². The van der Waals surface area contributed by atoms with E-state index in [0.717, 1.165) is 12.5 Å². The summed E-state index contributed by atoms with van der Waals surface area (Å²) in [6.45, 7) is 7.98. The molecule has 0 aliphatic carbocycles. The van der Waals surface area contributed by atoms with E-state index in [1.54, 1.807) is 0 Å². The van der Waals surface area contributed by atoms with E-state index in [1.165, 1.54) is 24.8 Å². The van der Waals surface area contributed by atoms with Gasteiger partial charge in [0, 0.05) is 6.04 Å². The summed E-state index contributed by atoms with van der Waals surface area (Å²) in [6, 6.07) is 11.4. The number of aryl methyl sites for hydroxylation is 1. The van der Waals surface area contributed by atoms with Crippen LogP contribution in [0.1, 0.15) is 39.2 Å². The van der Waals surface area contributed by atoms with Crippen molar-refractivity contribution in [1.29, 1.82) is 0 Å². The minimum Gasteiger partial charge on any atom is -0.314 e. The van der Waals surface area contributed by atoms with E-state index < -0.39 is 0 Å². The molecule has 0 fully saturated rings. The summed E-state index contributed by atoms with van der Waals surface area (Å²) >= 11 is 0. The molecular weight excluding hydrogens is 194 g/mol. The lowest BCUT2D eigenvalue weighted by Crippen LogP contribution is -2.28. The number of hydrogen-bond acceptors (Lipinski definition) is 1. The Morgan fingerprint density at radius 2 is 1.69 bits per heavy atom. The van der Waals surface area contributed by atoms with Crippen molar-refractivity contribution in [3.63, 3.8) is 0 Å². The molecule has 0 bridgehead atoms. The molecule has 1 aromatic rings. The first kappa shape index (κ1) is 13.2. The molecule has 0 saturated carbocycles. The van der Waals surface area contributed by atoms with Gasteiger partial charge in [0.1, 0.15) is 0 Å². The number of hydrogen-bond donors (Lipinski definition) is 1. The maximum atomic E-state index is 3.58. The molecule has 0 radical (unpaired) electrons. The second-order valence-electron chi connectivity index (χ2n) is 5.06. The van der Waals surface area contributed by atoms with E-state index in [-0.39, 0.29) is 0 Å². The molecule has 0 heterocycles. The average molecular weight is 219 g/mol. The van der Waals surface area contributed by atoms with Gasteiger partial charge in [-0.25, -0.2) is 0 Å². The summed E-state index contributed by atoms with van der Waals surface area (Å²) in [5.41, 5.74) is 1.44. The SMILES string of the molecule is CC(C)CCNC(C)CCc1ccccc1. The van der Waals surface area contributed by atoms with Gasteiger partial charge in [-0.3, -0.25) is 0 Å². The maximum absolute atomic E-state index is 3.58. The fourth-order valence-corrected chi connectivity index (χ4v) is 1.75. The largest absolute Gasteiger partial charge is 0.314 e. The first-order valence-corrected chi connectivity index (χ1v) is 6.46. The molecule has 0 spiro atoms. The third-order valence-corrected chi connectivity index (χ3v) is 2.92. The highest BCUT2D eigenvalue weighted by Crippen LogP contribution is 2.05. The fourth-order valence-electron chi connectivity index (χ4n) is 1.75. The number of benzene rings is 1. The van der Waals surface area contributed by atoms with Crippen LogP contribution in [0.5, 0.6) is 0 Å².